The van der Waals surface area contributed by atoms with Gasteiger partial charge in [-0.1, -0.05) is 36.4 Å². The molecule has 0 spiro atoms. The normalized spacial score (nSPS) is 17.9. The lowest BCUT2D eigenvalue weighted by atomic mass is 9.88. The molecule has 0 fully saturated rings. The van der Waals surface area contributed by atoms with Gasteiger partial charge in [-0.05, 0) is 84.0 Å². The number of aromatic nitrogens is 1. The van der Waals surface area contributed by atoms with E-state index in [1.807, 2.05) is 37.3 Å². The Bertz CT molecular complexity index is 1770. The van der Waals surface area contributed by atoms with Gasteiger partial charge in [-0.15, -0.1) is 11.6 Å². The van der Waals surface area contributed by atoms with Crippen molar-refractivity contribution in [1.29, 1.82) is 0 Å². The van der Waals surface area contributed by atoms with Crippen molar-refractivity contribution in [2.24, 2.45) is 0 Å². The van der Waals surface area contributed by atoms with E-state index in [1.165, 1.54) is 30.3 Å². The van der Waals surface area contributed by atoms with Crippen LogP contribution in [0.2, 0.25) is 0 Å². The molecule has 1 amide bonds. The monoisotopic (exact) mass is 584 g/mol. The second-order valence-electron chi connectivity index (χ2n) is 9.90. The highest BCUT2D eigenvalue weighted by Crippen LogP contribution is 2.40. The molecule has 1 heterocycles. The third-order valence-corrected chi connectivity index (χ3v) is 8.30. The van der Waals surface area contributed by atoms with Crippen LogP contribution in [-0.4, -0.2) is 30.4 Å². The Morgan fingerprint density at radius 2 is 1.73 bits per heavy atom. The summed E-state index contributed by atoms with van der Waals surface area (Å²) in [5.41, 5.74) is 2.72. The molecule has 0 aliphatic heterocycles. The van der Waals surface area contributed by atoms with Crippen LogP contribution in [0.3, 0.4) is 0 Å². The molecule has 5 rings (SSSR count). The molecule has 0 bridgehead atoms. The van der Waals surface area contributed by atoms with Gasteiger partial charge in [-0.25, -0.2) is 8.42 Å². The smallest absolute Gasteiger partial charge is 0.355 e. The number of H-pyrrole nitrogens is 1. The van der Waals surface area contributed by atoms with Gasteiger partial charge in [0.1, 0.15) is 0 Å². The number of hydrogen-bond acceptors (Lipinski definition) is 3. The Kier molecular flexibility index (Phi) is 6.92. The minimum absolute atomic E-state index is 0.0604. The van der Waals surface area contributed by atoms with E-state index in [2.05, 4.69) is 10.3 Å². The van der Waals surface area contributed by atoms with Crippen molar-refractivity contribution in [3.63, 3.8) is 0 Å². The van der Waals surface area contributed by atoms with E-state index in [-0.39, 0.29) is 21.6 Å². The van der Waals surface area contributed by atoms with Crippen molar-refractivity contribution in [2.45, 2.75) is 29.3 Å². The second-order valence-corrected chi connectivity index (χ2v) is 12.7. The number of halogens is 4. The van der Waals surface area contributed by atoms with Gasteiger partial charge in [0.05, 0.1) is 15.3 Å². The zero-order valence-corrected chi connectivity index (χ0v) is 23.0. The number of carbonyl (C=O) groups excluding carboxylic acids is 1. The van der Waals surface area contributed by atoms with Gasteiger partial charge >= 0.3 is 6.18 Å². The maximum absolute atomic E-state index is 13.5. The number of para-hydroxylation sites is 1. The zero-order valence-electron chi connectivity index (χ0n) is 21.4. The molecule has 1 unspecified atom stereocenters. The van der Waals surface area contributed by atoms with Gasteiger partial charge in [-0.3, -0.25) is 4.79 Å². The van der Waals surface area contributed by atoms with Crippen LogP contribution in [0, 0.1) is 0 Å². The summed E-state index contributed by atoms with van der Waals surface area (Å²) < 4.78 is 63.8. The summed E-state index contributed by atoms with van der Waals surface area (Å²) in [7, 11) is -3.65. The van der Waals surface area contributed by atoms with Gasteiger partial charge in [0, 0.05) is 28.7 Å². The van der Waals surface area contributed by atoms with Gasteiger partial charge < -0.3 is 10.3 Å². The predicted octanol–water partition coefficient (Wildman–Crippen LogP) is 7.36. The first-order chi connectivity index (χ1) is 18.7. The summed E-state index contributed by atoms with van der Waals surface area (Å²) in [5, 5.41) is 3.87. The van der Waals surface area contributed by atoms with Gasteiger partial charge in [0.15, 0.2) is 9.84 Å². The zero-order chi connectivity index (χ0) is 28.9. The largest absolute Gasteiger partial charge is 0.416 e. The molecule has 40 heavy (non-hydrogen) atoms. The van der Waals surface area contributed by atoms with E-state index < -0.39 is 32.4 Å². The van der Waals surface area contributed by atoms with Gasteiger partial charge in [0.25, 0.3) is 5.91 Å². The van der Waals surface area contributed by atoms with Crippen LogP contribution in [0.4, 0.5) is 13.2 Å². The SMILES string of the molecule is CC1(Cl)CC=C(NC(=O)c2ccc(S(C)(=O)=O)cc2-c2ccc(C(F)(F)F)cc2)C=C1c1cc2ccccc2[nH]1. The fourth-order valence-electron chi connectivity index (χ4n) is 4.67. The lowest BCUT2D eigenvalue weighted by molar-refractivity contribution is -0.137. The number of hydrogen-bond donors (Lipinski definition) is 2. The highest BCUT2D eigenvalue weighted by Gasteiger charge is 2.32. The third kappa shape index (κ3) is 5.57. The fourth-order valence-corrected chi connectivity index (χ4v) is 5.55. The summed E-state index contributed by atoms with van der Waals surface area (Å²) in [5.74, 6) is -0.549. The summed E-state index contributed by atoms with van der Waals surface area (Å²) in [6.45, 7) is 1.88. The van der Waals surface area contributed by atoms with Crippen molar-refractivity contribution in [1.82, 2.24) is 10.3 Å². The fraction of sp³-hybridized carbons (Fsp3) is 0.167. The molecule has 0 radical (unpaired) electrons. The Morgan fingerprint density at radius 3 is 2.38 bits per heavy atom. The van der Waals surface area contributed by atoms with E-state index in [9.17, 15) is 26.4 Å². The molecule has 1 aromatic heterocycles. The van der Waals surface area contributed by atoms with Crippen molar-refractivity contribution in [2.75, 3.05) is 6.26 Å². The third-order valence-electron chi connectivity index (χ3n) is 6.83. The number of rotatable bonds is 5. The van der Waals surface area contributed by atoms with Crippen molar-refractivity contribution < 1.29 is 26.4 Å². The number of amides is 1. The van der Waals surface area contributed by atoms with Gasteiger partial charge in [0.2, 0.25) is 0 Å². The van der Waals surface area contributed by atoms with Crippen LogP contribution in [0.25, 0.3) is 27.6 Å². The number of benzene rings is 3. The summed E-state index contributed by atoms with van der Waals surface area (Å²) in [6, 6.07) is 17.9. The number of alkyl halides is 4. The molecule has 0 saturated heterocycles. The molecule has 2 N–H and O–H groups in total. The van der Waals surface area contributed by atoms with Crippen LogP contribution in [0.15, 0.2) is 95.5 Å². The average molecular weight is 585 g/mol. The second kappa shape index (κ2) is 9.98. The van der Waals surface area contributed by atoms with Crippen LogP contribution in [0.5, 0.6) is 0 Å². The van der Waals surface area contributed by atoms with E-state index >= 15 is 0 Å². The first-order valence-corrected chi connectivity index (χ1v) is 14.5. The molecule has 0 saturated carbocycles. The van der Waals surface area contributed by atoms with E-state index in [1.54, 1.807) is 12.2 Å². The number of aromatic amines is 1. The van der Waals surface area contributed by atoms with Crippen molar-refractivity contribution in [3.05, 3.63) is 107 Å². The average Bonchev–Trinajstić information content (AvgIpc) is 3.32. The first-order valence-electron chi connectivity index (χ1n) is 12.2. The highest BCUT2D eigenvalue weighted by molar-refractivity contribution is 7.90. The molecule has 10 heteroatoms. The van der Waals surface area contributed by atoms with Crippen LogP contribution in [-0.2, 0) is 16.0 Å². The number of carbonyl (C=O) groups is 1. The molecule has 5 nitrogen and oxygen atoms in total. The summed E-state index contributed by atoms with van der Waals surface area (Å²) in [4.78, 5) is 16.1. The van der Waals surface area contributed by atoms with Gasteiger partial charge in [-0.2, -0.15) is 13.2 Å². The quantitative estimate of drug-likeness (QED) is 0.241. The number of sulfone groups is 1. The molecule has 1 aliphatic rings. The predicted molar refractivity (Wildman–Crippen MR) is 151 cm³/mol. The molecule has 4 aromatic rings. The first kappa shape index (κ1) is 27.7. The van der Waals surface area contributed by atoms with E-state index in [0.29, 0.717) is 12.1 Å². The lowest BCUT2D eigenvalue weighted by Crippen LogP contribution is -2.28. The molecule has 206 valence electrons. The maximum atomic E-state index is 13.5. The number of allylic oxidation sites excluding steroid dienone is 3. The summed E-state index contributed by atoms with van der Waals surface area (Å²) in [6.07, 6.45) is 0.476. The molecule has 1 aliphatic carbocycles. The minimum Gasteiger partial charge on any atom is -0.355 e. The Morgan fingerprint density at radius 1 is 1.02 bits per heavy atom. The van der Waals surface area contributed by atoms with Crippen LogP contribution >= 0.6 is 11.6 Å². The Labute approximate surface area is 234 Å². The summed E-state index contributed by atoms with van der Waals surface area (Å²) >= 11 is 6.85. The number of nitrogens with one attached hydrogen (secondary N) is 2. The molecular weight excluding hydrogens is 561 g/mol. The van der Waals surface area contributed by atoms with E-state index in [0.717, 1.165) is 40.6 Å². The Balaban J connectivity index is 1.51. The minimum atomic E-state index is -4.53. The van der Waals surface area contributed by atoms with Crippen molar-refractivity contribution in [3.8, 4) is 11.1 Å². The van der Waals surface area contributed by atoms with Crippen LogP contribution < -0.4 is 5.32 Å². The lowest BCUT2D eigenvalue weighted by Gasteiger charge is -2.28. The molecule has 1 atom stereocenters. The standard InChI is InChI=1S/C30H24ClF3N2O3S/c1-29(31)14-13-21(16-25(29)27-15-19-5-3-4-6-26(19)36-27)35-28(37)23-12-11-22(40(2,38)39)17-24(23)18-7-9-20(10-8-18)30(32,33)34/h3-13,15-17,36H,14H2,1-2H3,(H,35,37). The molecule has 3 aromatic carbocycles. The number of fused-ring (bicyclic) bond motifs is 1. The van der Waals surface area contributed by atoms with Crippen molar-refractivity contribution >= 4 is 43.8 Å². The van der Waals surface area contributed by atoms with E-state index in [4.69, 9.17) is 11.6 Å². The molecular formula is C30H24ClF3N2O3S. The highest BCUT2D eigenvalue weighted by atomic mass is 35.5. The topological polar surface area (TPSA) is 79.0 Å². The maximum Gasteiger partial charge on any atom is 0.416 e. The van der Waals surface area contributed by atoms with Crippen LogP contribution in [0.1, 0.15) is 35.0 Å². The Hall–Kier alpha value is -3.82.